The van der Waals surface area contributed by atoms with Crippen molar-refractivity contribution in [2.75, 3.05) is 0 Å². The van der Waals surface area contributed by atoms with Crippen LogP contribution in [0.4, 0.5) is 0 Å². The van der Waals surface area contributed by atoms with Gasteiger partial charge in [0.1, 0.15) is 5.71 Å². The second kappa shape index (κ2) is 8.23. The van der Waals surface area contributed by atoms with Crippen LogP contribution < -0.4 is 0 Å². The molecule has 2 aromatic carbocycles. The number of hydrogen-bond acceptors (Lipinski definition) is 5. The van der Waals surface area contributed by atoms with E-state index < -0.39 is 5.97 Å². The Morgan fingerprint density at radius 3 is 2.61 bits per heavy atom. The molecule has 1 aliphatic carbocycles. The highest BCUT2D eigenvalue weighted by Crippen LogP contribution is 2.34. The van der Waals surface area contributed by atoms with Gasteiger partial charge in [-0.2, -0.15) is 0 Å². The predicted molar refractivity (Wildman–Crippen MR) is 114 cm³/mol. The van der Waals surface area contributed by atoms with E-state index in [1.165, 1.54) is 37.3 Å². The molecule has 4 rings (SSSR count). The molecule has 28 heavy (non-hydrogen) atoms. The van der Waals surface area contributed by atoms with Gasteiger partial charge in [-0.1, -0.05) is 49.0 Å². The summed E-state index contributed by atoms with van der Waals surface area (Å²) < 4.78 is 2.36. The van der Waals surface area contributed by atoms with E-state index in [-0.39, 0.29) is 5.78 Å². The molecule has 0 amide bonds. The first-order valence-electron chi connectivity index (χ1n) is 9.82. The minimum absolute atomic E-state index is 0.156. The highest BCUT2D eigenvalue weighted by atomic mass is 32.1. The van der Waals surface area contributed by atoms with Gasteiger partial charge in [0.2, 0.25) is 5.78 Å². The van der Waals surface area contributed by atoms with Gasteiger partial charge in [0.05, 0.1) is 0 Å². The van der Waals surface area contributed by atoms with Gasteiger partial charge in [0, 0.05) is 32.7 Å². The highest BCUT2D eigenvalue weighted by Gasteiger charge is 2.21. The van der Waals surface area contributed by atoms with E-state index in [1.54, 1.807) is 11.3 Å². The van der Waals surface area contributed by atoms with Gasteiger partial charge in [-0.25, -0.2) is 4.79 Å². The summed E-state index contributed by atoms with van der Waals surface area (Å²) in [5.41, 5.74) is 0.925. The molecule has 1 aromatic heterocycles. The molecule has 5 heteroatoms. The van der Waals surface area contributed by atoms with Gasteiger partial charge in [-0.05, 0) is 43.0 Å². The number of fused-ring (bicyclic) bond motifs is 3. The Hall–Kier alpha value is -2.53. The summed E-state index contributed by atoms with van der Waals surface area (Å²) in [7, 11) is 0. The molecular formula is C23H23NO3S. The largest absolute Gasteiger partial charge is 0.331 e. The monoisotopic (exact) mass is 393 g/mol. The van der Waals surface area contributed by atoms with Crippen molar-refractivity contribution in [3.05, 3.63) is 48.0 Å². The van der Waals surface area contributed by atoms with Gasteiger partial charge < -0.3 is 4.84 Å². The Kier molecular flexibility index (Phi) is 5.53. The third-order valence-corrected chi connectivity index (χ3v) is 6.60. The van der Waals surface area contributed by atoms with Crippen LogP contribution in [0.3, 0.4) is 0 Å². The van der Waals surface area contributed by atoms with E-state index in [4.69, 9.17) is 4.84 Å². The van der Waals surface area contributed by atoms with Crippen LogP contribution in [-0.2, 0) is 9.63 Å². The van der Waals surface area contributed by atoms with Crippen LogP contribution in [0.15, 0.2) is 47.6 Å². The number of nitrogens with zero attached hydrogens (tertiary/aromatic N) is 1. The molecule has 144 valence electrons. The summed E-state index contributed by atoms with van der Waals surface area (Å²) in [5.74, 6) is -0.0273. The molecule has 0 unspecified atom stereocenters. The summed E-state index contributed by atoms with van der Waals surface area (Å²) >= 11 is 1.72. The number of benzene rings is 2. The Balaban J connectivity index is 1.63. The molecule has 1 heterocycles. The fourth-order valence-electron chi connectivity index (χ4n) is 3.99. The van der Waals surface area contributed by atoms with Crippen LogP contribution in [0.2, 0.25) is 0 Å². The van der Waals surface area contributed by atoms with E-state index in [1.807, 2.05) is 30.3 Å². The van der Waals surface area contributed by atoms with Crippen molar-refractivity contribution in [2.45, 2.75) is 45.4 Å². The third-order valence-electron chi connectivity index (χ3n) is 5.45. The first-order valence-corrected chi connectivity index (χ1v) is 10.6. The molecule has 1 aliphatic rings. The lowest BCUT2D eigenvalue weighted by Gasteiger charge is -2.10. The van der Waals surface area contributed by atoms with Crippen molar-refractivity contribution in [3.63, 3.8) is 0 Å². The maximum absolute atomic E-state index is 13.1. The predicted octanol–water partition coefficient (Wildman–Crippen LogP) is 6.13. The number of oxime groups is 1. The summed E-state index contributed by atoms with van der Waals surface area (Å²) in [6.07, 6.45) is 6.40. The number of carbonyl (C=O) groups is 2. The number of rotatable bonds is 6. The van der Waals surface area contributed by atoms with Crippen molar-refractivity contribution in [1.29, 1.82) is 0 Å². The number of hydrogen-bond donors (Lipinski definition) is 0. The molecule has 0 N–H and O–H groups in total. The van der Waals surface area contributed by atoms with Crippen LogP contribution >= 0.6 is 11.3 Å². The second-order valence-electron chi connectivity index (χ2n) is 7.45. The van der Waals surface area contributed by atoms with Crippen LogP contribution in [0.1, 0.15) is 55.8 Å². The Morgan fingerprint density at radius 1 is 1.07 bits per heavy atom. The molecule has 0 aliphatic heterocycles. The zero-order valence-electron chi connectivity index (χ0n) is 15.9. The SMILES string of the molecule is CC(=O)O/N=C(\CCC1CCCC1)C(=O)c1ccc2sc3ccccc3c2c1. The maximum atomic E-state index is 13.1. The maximum Gasteiger partial charge on any atom is 0.331 e. The molecular weight excluding hydrogens is 370 g/mol. The van der Waals surface area contributed by atoms with Gasteiger partial charge in [0.25, 0.3) is 0 Å². The summed E-state index contributed by atoms with van der Waals surface area (Å²) in [6.45, 7) is 1.30. The summed E-state index contributed by atoms with van der Waals surface area (Å²) in [6, 6.07) is 14.0. The van der Waals surface area contributed by atoms with E-state index in [9.17, 15) is 9.59 Å². The van der Waals surface area contributed by atoms with E-state index >= 15 is 0 Å². The highest BCUT2D eigenvalue weighted by molar-refractivity contribution is 7.25. The Morgan fingerprint density at radius 2 is 1.82 bits per heavy atom. The lowest BCUT2D eigenvalue weighted by molar-refractivity contribution is -0.140. The molecule has 0 radical (unpaired) electrons. The lowest BCUT2D eigenvalue weighted by Crippen LogP contribution is -2.17. The van der Waals surface area contributed by atoms with Crippen molar-refractivity contribution < 1.29 is 14.4 Å². The normalized spacial score (nSPS) is 15.4. The smallest absolute Gasteiger partial charge is 0.318 e. The first-order chi connectivity index (χ1) is 13.6. The fraction of sp³-hybridized carbons (Fsp3) is 0.348. The third kappa shape index (κ3) is 3.99. The molecule has 1 saturated carbocycles. The second-order valence-corrected chi connectivity index (χ2v) is 8.53. The van der Waals surface area contributed by atoms with Gasteiger partial charge in [0.15, 0.2) is 0 Å². The molecule has 3 aromatic rings. The molecule has 0 atom stereocenters. The van der Waals surface area contributed by atoms with E-state index in [0.29, 0.717) is 23.6 Å². The molecule has 1 fully saturated rings. The van der Waals surface area contributed by atoms with Gasteiger partial charge in [-0.3, -0.25) is 4.79 Å². The topological polar surface area (TPSA) is 55.7 Å². The zero-order valence-corrected chi connectivity index (χ0v) is 16.8. The van der Waals surface area contributed by atoms with Crippen molar-refractivity contribution >= 4 is 49.0 Å². The Labute approximate surface area is 168 Å². The molecule has 4 nitrogen and oxygen atoms in total. The zero-order chi connectivity index (χ0) is 19.5. The van der Waals surface area contributed by atoms with Crippen LogP contribution in [0.5, 0.6) is 0 Å². The van der Waals surface area contributed by atoms with Crippen molar-refractivity contribution in [3.8, 4) is 0 Å². The number of carbonyl (C=O) groups excluding carboxylic acids is 2. The molecule has 0 spiro atoms. The fourth-order valence-corrected chi connectivity index (χ4v) is 5.08. The minimum Gasteiger partial charge on any atom is -0.318 e. The van der Waals surface area contributed by atoms with Crippen LogP contribution in [0.25, 0.3) is 20.2 Å². The first kappa shape index (κ1) is 18.8. The molecule has 0 bridgehead atoms. The molecule has 0 saturated heterocycles. The van der Waals surface area contributed by atoms with Crippen LogP contribution in [-0.4, -0.2) is 17.5 Å². The number of ketones is 1. The average molecular weight is 394 g/mol. The van der Waals surface area contributed by atoms with Gasteiger partial charge in [-0.15, -0.1) is 11.3 Å². The quantitative estimate of drug-likeness (QED) is 0.219. The number of Topliss-reactive ketones (excluding diaryl/α,β-unsaturated/α-hetero) is 1. The number of thiophene rings is 1. The van der Waals surface area contributed by atoms with Crippen molar-refractivity contribution in [1.82, 2.24) is 0 Å². The van der Waals surface area contributed by atoms with Gasteiger partial charge >= 0.3 is 5.97 Å². The standard InChI is InChI=1S/C23H23NO3S/c1-15(25)27-24-20(12-10-16-6-2-3-7-16)23(26)17-11-13-22-19(14-17)18-8-4-5-9-21(18)28-22/h4-5,8-9,11,13-14,16H,2-3,6-7,10,12H2,1H3/b24-20+. The minimum atomic E-state index is -0.509. The summed E-state index contributed by atoms with van der Waals surface area (Å²) in [5, 5.41) is 6.14. The van der Waals surface area contributed by atoms with Crippen molar-refractivity contribution in [2.24, 2.45) is 11.1 Å². The Bertz CT molecular complexity index is 1060. The van der Waals surface area contributed by atoms with Crippen LogP contribution in [0, 0.1) is 5.92 Å². The lowest BCUT2D eigenvalue weighted by atomic mass is 9.96. The van der Waals surface area contributed by atoms with E-state index in [0.717, 1.165) is 21.9 Å². The average Bonchev–Trinajstić information content (AvgIpc) is 3.34. The van der Waals surface area contributed by atoms with E-state index in [2.05, 4.69) is 17.3 Å². The summed E-state index contributed by atoms with van der Waals surface area (Å²) in [4.78, 5) is 29.2.